The highest BCUT2D eigenvalue weighted by Crippen LogP contribution is 2.19. The molecule has 0 bridgehead atoms. The Kier molecular flexibility index (Phi) is 10.5. The fourth-order valence-corrected chi connectivity index (χ4v) is 4.18. The minimum atomic E-state index is -1.53. The van der Waals surface area contributed by atoms with Gasteiger partial charge in [0.1, 0.15) is 18.1 Å². The summed E-state index contributed by atoms with van der Waals surface area (Å²) in [5, 5.41) is 36.7. The van der Waals surface area contributed by atoms with Crippen molar-refractivity contribution in [2.75, 3.05) is 0 Å². The fourth-order valence-electron chi connectivity index (χ4n) is 4.18. The summed E-state index contributed by atoms with van der Waals surface area (Å²) in [6, 6.07) is 1.72. The molecule has 0 radical (unpaired) electrons. The minimum absolute atomic E-state index is 0.0818. The molecular formula is C26H33N7O8. The third kappa shape index (κ3) is 8.61. The van der Waals surface area contributed by atoms with Gasteiger partial charge in [0.15, 0.2) is 0 Å². The van der Waals surface area contributed by atoms with Gasteiger partial charge in [-0.2, -0.15) is 0 Å². The number of nitrogens with two attached hydrogens (primary N) is 1. The third-order valence-electron chi connectivity index (χ3n) is 6.39. The van der Waals surface area contributed by atoms with Crippen molar-refractivity contribution in [1.82, 2.24) is 30.9 Å². The number of aliphatic hydroxyl groups excluding tert-OH is 1. The van der Waals surface area contributed by atoms with Crippen molar-refractivity contribution in [3.8, 4) is 0 Å². The van der Waals surface area contributed by atoms with Gasteiger partial charge in [0.05, 0.1) is 18.5 Å². The molecular weight excluding hydrogens is 538 g/mol. The van der Waals surface area contributed by atoms with Gasteiger partial charge < -0.3 is 47.0 Å². The van der Waals surface area contributed by atoms with Crippen LogP contribution in [-0.2, 0) is 36.8 Å². The Morgan fingerprint density at radius 2 is 1.66 bits per heavy atom. The van der Waals surface area contributed by atoms with Crippen LogP contribution in [0.4, 0.5) is 0 Å². The summed E-state index contributed by atoms with van der Waals surface area (Å²) in [4.78, 5) is 71.6. The largest absolute Gasteiger partial charge is 0.481 e. The van der Waals surface area contributed by atoms with Gasteiger partial charge in [0.25, 0.3) is 0 Å². The summed E-state index contributed by atoms with van der Waals surface area (Å²) in [7, 11) is 0. The molecule has 2 heterocycles. The van der Waals surface area contributed by atoms with E-state index in [9.17, 15) is 34.2 Å². The van der Waals surface area contributed by atoms with Gasteiger partial charge in [-0.05, 0) is 25.0 Å². The van der Waals surface area contributed by atoms with Crippen LogP contribution in [0.5, 0.6) is 0 Å². The number of carboxylic acids is 2. The number of benzene rings is 1. The van der Waals surface area contributed by atoms with Crippen LogP contribution in [-0.4, -0.2) is 90.2 Å². The number of hydrogen-bond acceptors (Lipinski definition) is 8. The molecule has 3 amide bonds. The standard InChI is InChI=1S/C26H33N7O8/c1-13(34)22(33-23(37)17(27)9-15-11-28-12-30-15)25(39)32-20(8-14-10-29-18-5-3-2-4-16(14)18)24(38)31-19(26(40)41)6-7-21(35)36/h2-5,10-13,17,19-20,22,29,34H,6-9,27H2,1H3,(H,28,30)(H,31,38)(H,32,39)(H,33,37)(H,35,36)(H,40,41). The number of aromatic amines is 2. The maximum atomic E-state index is 13.3. The van der Waals surface area contributed by atoms with Crippen LogP contribution in [0.25, 0.3) is 10.9 Å². The number of carboxylic acid groups (broad SMARTS) is 2. The third-order valence-corrected chi connectivity index (χ3v) is 6.39. The molecule has 3 rings (SSSR count). The second-order valence-electron chi connectivity index (χ2n) is 9.57. The van der Waals surface area contributed by atoms with Crippen LogP contribution in [0.15, 0.2) is 43.0 Å². The monoisotopic (exact) mass is 571 g/mol. The van der Waals surface area contributed by atoms with Gasteiger partial charge in [0.2, 0.25) is 17.7 Å². The summed E-state index contributed by atoms with van der Waals surface area (Å²) in [5.74, 6) is -5.24. The van der Waals surface area contributed by atoms with E-state index >= 15 is 0 Å². The second kappa shape index (κ2) is 14.0. The molecule has 0 spiro atoms. The topological polar surface area (TPSA) is 253 Å². The zero-order valence-electron chi connectivity index (χ0n) is 22.2. The zero-order chi connectivity index (χ0) is 30.1. The molecule has 3 aromatic rings. The maximum absolute atomic E-state index is 13.3. The van der Waals surface area contributed by atoms with Crippen LogP contribution in [0.1, 0.15) is 31.0 Å². The SMILES string of the molecule is CC(O)C(NC(=O)C(N)Cc1cnc[nH]1)C(=O)NC(Cc1c[nH]c2ccccc12)C(=O)NC(CCC(=O)O)C(=O)O. The normalized spacial score (nSPS) is 14.8. The molecule has 5 unspecified atom stereocenters. The zero-order valence-corrected chi connectivity index (χ0v) is 22.2. The molecule has 15 heteroatoms. The lowest BCUT2D eigenvalue weighted by Gasteiger charge is -2.26. The maximum Gasteiger partial charge on any atom is 0.326 e. The molecule has 0 fully saturated rings. The number of rotatable bonds is 15. The van der Waals surface area contributed by atoms with E-state index in [1.807, 2.05) is 6.07 Å². The van der Waals surface area contributed by atoms with Crippen molar-refractivity contribution in [1.29, 1.82) is 0 Å². The first-order valence-corrected chi connectivity index (χ1v) is 12.8. The lowest BCUT2D eigenvalue weighted by atomic mass is 10.0. The van der Waals surface area contributed by atoms with Gasteiger partial charge in [0, 0.05) is 48.3 Å². The second-order valence-corrected chi connectivity index (χ2v) is 9.57. The van der Waals surface area contributed by atoms with E-state index in [2.05, 4.69) is 30.9 Å². The summed E-state index contributed by atoms with van der Waals surface area (Å²) in [6.45, 7) is 1.27. The van der Waals surface area contributed by atoms with E-state index in [0.29, 0.717) is 11.3 Å². The molecule has 10 N–H and O–H groups in total. The highest BCUT2D eigenvalue weighted by Gasteiger charge is 2.33. The Morgan fingerprint density at radius 3 is 2.29 bits per heavy atom. The van der Waals surface area contributed by atoms with Gasteiger partial charge in [-0.25, -0.2) is 9.78 Å². The van der Waals surface area contributed by atoms with Crippen LogP contribution in [0.2, 0.25) is 0 Å². The Hall–Kier alpha value is -4.76. The number of fused-ring (bicyclic) bond motifs is 1. The highest BCUT2D eigenvalue weighted by molar-refractivity contribution is 5.95. The fraction of sp³-hybridized carbons (Fsp3) is 0.385. The molecule has 0 aliphatic rings. The number of aliphatic hydroxyl groups is 1. The van der Waals surface area contributed by atoms with Crippen LogP contribution >= 0.6 is 0 Å². The number of carbonyl (C=O) groups is 5. The number of aliphatic carboxylic acids is 2. The first-order chi connectivity index (χ1) is 19.5. The summed E-state index contributed by atoms with van der Waals surface area (Å²) in [6.07, 6.45) is 2.25. The van der Waals surface area contributed by atoms with Gasteiger partial charge >= 0.3 is 11.9 Å². The number of H-pyrrole nitrogens is 2. The molecule has 15 nitrogen and oxygen atoms in total. The quantitative estimate of drug-likeness (QED) is 0.105. The van der Waals surface area contributed by atoms with Crippen molar-refractivity contribution in [3.05, 3.63) is 54.2 Å². The smallest absolute Gasteiger partial charge is 0.326 e. The lowest BCUT2D eigenvalue weighted by Crippen LogP contribution is -2.60. The minimum Gasteiger partial charge on any atom is -0.481 e. The highest BCUT2D eigenvalue weighted by atomic mass is 16.4. The summed E-state index contributed by atoms with van der Waals surface area (Å²) in [5.41, 5.74) is 7.91. The van der Waals surface area contributed by atoms with Crippen LogP contribution < -0.4 is 21.7 Å². The van der Waals surface area contributed by atoms with Crippen molar-refractivity contribution in [2.45, 2.75) is 62.9 Å². The van der Waals surface area contributed by atoms with E-state index in [0.717, 1.165) is 10.9 Å². The number of para-hydroxylation sites is 1. The number of imidazole rings is 1. The van der Waals surface area contributed by atoms with Gasteiger partial charge in [-0.15, -0.1) is 0 Å². The van der Waals surface area contributed by atoms with Crippen molar-refractivity contribution >= 4 is 40.6 Å². The average Bonchev–Trinajstić information content (AvgIpc) is 3.58. The first-order valence-electron chi connectivity index (χ1n) is 12.8. The number of aromatic nitrogens is 3. The van der Waals surface area contributed by atoms with E-state index in [1.54, 1.807) is 24.4 Å². The molecule has 0 saturated heterocycles. The van der Waals surface area contributed by atoms with Crippen molar-refractivity contribution in [3.63, 3.8) is 0 Å². The van der Waals surface area contributed by atoms with Crippen molar-refractivity contribution in [2.24, 2.45) is 5.73 Å². The van der Waals surface area contributed by atoms with Gasteiger partial charge in [-0.1, -0.05) is 18.2 Å². The Bertz CT molecular complexity index is 1370. The van der Waals surface area contributed by atoms with E-state index < -0.39 is 66.4 Å². The predicted molar refractivity (Wildman–Crippen MR) is 144 cm³/mol. The van der Waals surface area contributed by atoms with Crippen LogP contribution in [0.3, 0.4) is 0 Å². The Balaban J connectivity index is 1.80. The number of amides is 3. The number of nitrogens with zero attached hydrogens (tertiary/aromatic N) is 1. The number of nitrogens with one attached hydrogen (secondary N) is 5. The number of carbonyl (C=O) groups excluding carboxylic acids is 3. The molecule has 0 aliphatic heterocycles. The molecule has 220 valence electrons. The first kappa shape index (κ1) is 30.8. The summed E-state index contributed by atoms with van der Waals surface area (Å²) < 4.78 is 0. The van der Waals surface area contributed by atoms with Crippen molar-refractivity contribution < 1.29 is 39.3 Å². The average molecular weight is 572 g/mol. The Morgan fingerprint density at radius 1 is 0.951 bits per heavy atom. The molecule has 1 aromatic carbocycles. The number of hydrogen-bond donors (Lipinski definition) is 9. The molecule has 41 heavy (non-hydrogen) atoms. The summed E-state index contributed by atoms with van der Waals surface area (Å²) >= 11 is 0. The predicted octanol–water partition coefficient (Wildman–Crippen LogP) is -1.21. The molecule has 0 aliphatic carbocycles. The van der Waals surface area contributed by atoms with E-state index in [4.69, 9.17) is 10.8 Å². The van der Waals surface area contributed by atoms with E-state index in [1.165, 1.54) is 19.4 Å². The Labute approximate surface area is 233 Å². The lowest BCUT2D eigenvalue weighted by molar-refractivity contribution is -0.143. The van der Waals surface area contributed by atoms with Gasteiger partial charge in [-0.3, -0.25) is 19.2 Å². The molecule has 0 saturated carbocycles. The van der Waals surface area contributed by atoms with Crippen LogP contribution in [0, 0.1) is 0 Å². The molecule has 2 aromatic heterocycles. The van der Waals surface area contributed by atoms with E-state index in [-0.39, 0.29) is 19.3 Å². The molecule has 5 atom stereocenters.